The molecule has 0 bridgehead atoms. The molecular formula is C20H30Cl2N2O. The summed E-state index contributed by atoms with van der Waals surface area (Å²) >= 11 is 6.16. The molecule has 1 aromatic carbocycles. The van der Waals surface area contributed by atoms with Gasteiger partial charge in [0.25, 0.3) is 0 Å². The number of likely N-dealkylation sites (tertiary alicyclic amines) is 1. The molecular weight excluding hydrogens is 355 g/mol. The Labute approximate surface area is 162 Å². The first-order chi connectivity index (χ1) is 11.6. The summed E-state index contributed by atoms with van der Waals surface area (Å²) in [4.78, 5) is 15.6. The van der Waals surface area contributed by atoms with Gasteiger partial charge in [-0.05, 0) is 69.3 Å². The van der Waals surface area contributed by atoms with Gasteiger partial charge in [0.05, 0.1) is 5.41 Å². The standard InChI is InChI=1S/C20H29ClN2O.ClH/c1-22-14-17-7-5-11-23(15-17)19(24)20(9-2-3-10-20)13-16-6-4-8-18(21)12-16;/h4,6,8,12,17,22H,2-3,5,7,9-11,13-15H2,1H3;1H. The van der Waals surface area contributed by atoms with E-state index in [9.17, 15) is 4.79 Å². The monoisotopic (exact) mass is 384 g/mol. The van der Waals surface area contributed by atoms with Crippen LogP contribution in [0.15, 0.2) is 24.3 Å². The van der Waals surface area contributed by atoms with E-state index in [1.165, 1.54) is 24.8 Å². The van der Waals surface area contributed by atoms with Crippen LogP contribution in [0.2, 0.25) is 5.02 Å². The Bertz CT molecular complexity index is 571. The second-order valence-electron chi connectivity index (χ2n) is 7.61. The predicted molar refractivity (Wildman–Crippen MR) is 107 cm³/mol. The van der Waals surface area contributed by atoms with Gasteiger partial charge in [-0.25, -0.2) is 0 Å². The van der Waals surface area contributed by atoms with E-state index in [1.807, 2.05) is 25.2 Å². The lowest BCUT2D eigenvalue weighted by atomic mass is 9.78. The minimum Gasteiger partial charge on any atom is -0.342 e. The van der Waals surface area contributed by atoms with E-state index >= 15 is 0 Å². The molecule has 3 nitrogen and oxygen atoms in total. The molecule has 140 valence electrons. The van der Waals surface area contributed by atoms with E-state index in [2.05, 4.69) is 16.3 Å². The smallest absolute Gasteiger partial charge is 0.229 e. The molecule has 2 aliphatic rings. The van der Waals surface area contributed by atoms with E-state index in [0.717, 1.165) is 50.3 Å². The average Bonchev–Trinajstić information content (AvgIpc) is 3.04. The van der Waals surface area contributed by atoms with E-state index in [-0.39, 0.29) is 17.8 Å². The van der Waals surface area contributed by atoms with E-state index in [4.69, 9.17) is 11.6 Å². The van der Waals surface area contributed by atoms with Crippen molar-refractivity contribution in [1.82, 2.24) is 10.2 Å². The lowest BCUT2D eigenvalue weighted by Gasteiger charge is -2.39. The van der Waals surface area contributed by atoms with Gasteiger partial charge in [0.1, 0.15) is 0 Å². The molecule has 1 saturated carbocycles. The highest BCUT2D eigenvalue weighted by atomic mass is 35.5. The Kier molecular flexibility index (Phi) is 7.60. The maximum absolute atomic E-state index is 13.4. The minimum atomic E-state index is -0.202. The summed E-state index contributed by atoms with van der Waals surface area (Å²) in [7, 11) is 2.00. The van der Waals surface area contributed by atoms with Crippen LogP contribution >= 0.6 is 24.0 Å². The van der Waals surface area contributed by atoms with Gasteiger partial charge in [0.15, 0.2) is 0 Å². The van der Waals surface area contributed by atoms with E-state index in [1.54, 1.807) is 0 Å². The molecule has 1 atom stereocenters. The summed E-state index contributed by atoms with van der Waals surface area (Å²) < 4.78 is 0. The topological polar surface area (TPSA) is 32.3 Å². The van der Waals surface area contributed by atoms with Crippen LogP contribution in [0.1, 0.15) is 44.1 Å². The largest absolute Gasteiger partial charge is 0.342 e. The van der Waals surface area contributed by atoms with Crippen LogP contribution in [-0.4, -0.2) is 37.5 Å². The Balaban J connectivity index is 0.00000225. The first kappa shape index (κ1) is 20.5. The third kappa shape index (κ3) is 4.90. The fourth-order valence-corrected chi connectivity index (χ4v) is 4.81. The molecule has 1 heterocycles. The molecule has 0 spiro atoms. The molecule has 3 rings (SSSR count). The van der Waals surface area contributed by atoms with Gasteiger partial charge in [0, 0.05) is 18.1 Å². The molecule has 0 aromatic heterocycles. The van der Waals surface area contributed by atoms with Crippen molar-refractivity contribution in [3.63, 3.8) is 0 Å². The number of benzene rings is 1. The molecule has 1 aromatic rings. The molecule has 25 heavy (non-hydrogen) atoms. The van der Waals surface area contributed by atoms with Crippen molar-refractivity contribution in [1.29, 1.82) is 0 Å². The van der Waals surface area contributed by atoms with Gasteiger partial charge in [-0.3, -0.25) is 4.79 Å². The van der Waals surface area contributed by atoms with Crippen LogP contribution in [-0.2, 0) is 11.2 Å². The second-order valence-corrected chi connectivity index (χ2v) is 8.05. The molecule has 5 heteroatoms. The fourth-order valence-electron chi connectivity index (χ4n) is 4.60. The number of nitrogens with zero attached hydrogens (tertiary/aromatic N) is 1. The number of piperidine rings is 1. The molecule has 1 N–H and O–H groups in total. The molecule has 0 radical (unpaired) electrons. The summed E-state index contributed by atoms with van der Waals surface area (Å²) in [5, 5.41) is 4.03. The number of nitrogens with one attached hydrogen (secondary N) is 1. The summed E-state index contributed by atoms with van der Waals surface area (Å²) in [6, 6.07) is 8.03. The molecule has 1 amide bonds. The Morgan fingerprint density at radius 3 is 2.76 bits per heavy atom. The zero-order valence-electron chi connectivity index (χ0n) is 15.1. The van der Waals surface area contributed by atoms with Crippen molar-refractivity contribution in [2.75, 3.05) is 26.7 Å². The molecule has 1 unspecified atom stereocenters. The van der Waals surface area contributed by atoms with Crippen molar-refractivity contribution in [3.8, 4) is 0 Å². The minimum absolute atomic E-state index is 0. The van der Waals surface area contributed by atoms with E-state index in [0.29, 0.717) is 11.8 Å². The van der Waals surface area contributed by atoms with Crippen molar-refractivity contribution in [2.24, 2.45) is 11.3 Å². The first-order valence-electron chi connectivity index (χ1n) is 9.31. The van der Waals surface area contributed by atoms with Crippen LogP contribution in [0.4, 0.5) is 0 Å². The van der Waals surface area contributed by atoms with Gasteiger partial charge in [-0.1, -0.05) is 36.6 Å². The lowest BCUT2D eigenvalue weighted by Crippen LogP contribution is -2.49. The van der Waals surface area contributed by atoms with Gasteiger partial charge in [0.2, 0.25) is 5.91 Å². The Hall–Kier alpha value is -0.770. The number of amides is 1. The highest BCUT2D eigenvalue weighted by Gasteiger charge is 2.44. The molecule has 1 aliphatic carbocycles. The zero-order chi connectivity index (χ0) is 17.0. The van der Waals surface area contributed by atoms with E-state index < -0.39 is 0 Å². The van der Waals surface area contributed by atoms with Gasteiger partial charge in [-0.2, -0.15) is 0 Å². The Morgan fingerprint density at radius 1 is 1.32 bits per heavy atom. The predicted octanol–water partition coefficient (Wildman–Crippen LogP) is 4.32. The van der Waals surface area contributed by atoms with Gasteiger partial charge in [-0.15, -0.1) is 12.4 Å². The number of halogens is 2. The lowest BCUT2D eigenvalue weighted by molar-refractivity contribution is -0.143. The summed E-state index contributed by atoms with van der Waals surface area (Å²) in [5.74, 6) is 0.984. The van der Waals surface area contributed by atoms with Crippen LogP contribution in [0.25, 0.3) is 0 Å². The van der Waals surface area contributed by atoms with Crippen LogP contribution in [0.5, 0.6) is 0 Å². The SMILES string of the molecule is CNCC1CCCN(C(=O)C2(Cc3cccc(Cl)c3)CCCC2)C1.Cl. The maximum Gasteiger partial charge on any atom is 0.229 e. The zero-order valence-corrected chi connectivity index (χ0v) is 16.7. The van der Waals surface area contributed by atoms with Crippen LogP contribution in [0, 0.1) is 11.3 Å². The number of hydrogen-bond donors (Lipinski definition) is 1. The number of carbonyl (C=O) groups excluding carboxylic acids is 1. The second kappa shape index (κ2) is 9.25. The first-order valence-corrected chi connectivity index (χ1v) is 9.69. The molecule has 2 fully saturated rings. The highest BCUT2D eigenvalue weighted by molar-refractivity contribution is 6.30. The average molecular weight is 385 g/mol. The Morgan fingerprint density at radius 2 is 2.08 bits per heavy atom. The van der Waals surface area contributed by atoms with Crippen LogP contribution in [0.3, 0.4) is 0 Å². The number of rotatable bonds is 5. The summed E-state index contributed by atoms with van der Waals surface area (Å²) in [6.45, 7) is 2.85. The van der Waals surface area contributed by atoms with Crippen molar-refractivity contribution in [3.05, 3.63) is 34.9 Å². The normalized spacial score (nSPS) is 22.5. The summed E-state index contributed by atoms with van der Waals surface area (Å²) in [5.41, 5.74) is 0.994. The molecule has 1 aliphatic heterocycles. The van der Waals surface area contributed by atoms with Crippen molar-refractivity contribution >= 4 is 29.9 Å². The molecule has 1 saturated heterocycles. The van der Waals surface area contributed by atoms with Gasteiger partial charge < -0.3 is 10.2 Å². The third-order valence-corrected chi connectivity index (χ3v) is 5.98. The third-order valence-electron chi connectivity index (χ3n) is 5.74. The maximum atomic E-state index is 13.4. The van der Waals surface area contributed by atoms with Crippen molar-refractivity contribution in [2.45, 2.75) is 44.9 Å². The highest BCUT2D eigenvalue weighted by Crippen LogP contribution is 2.43. The number of carbonyl (C=O) groups is 1. The fraction of sp³-hybridized carbons (Fsp3) is 0.650. The van der Waals surface area contributed by atoms with Crippen molar-refractivity contribution < 1.29 is 4.79 Å². The quantitative estimate of drug-likeness (QED) is 0.819. The summed E-state index contributed by atoms with van der Waals surface area (Å²) in [6.07, 6.45) is 7.56. The van der Waals surface area contributed by atoms with Crippen LogP contribution < -0.4 is 5.32 Å². The van der Waals surface area contributed by atoms with Gasteiger partial charge >= 0.3 is 0 Å². The number of hydrogen-bond acceptors (Lipinski definition) is 2.